The van der Waals surface area contributed by atoms with Gasteiger partial charge >= 0.3 is 0 Å². The number of likely N-dealkylation sites (tertiary alicyclic amines) is 2. The molecule has 2 aliphatic rings. The Labute approximate surface area is 143 Å². The van der Waals surface area contributed by atoms with Gasteiger partial charge in [0.15, 0.2) is 5.65 Å². The molecule has 0 bridgehead atoms. The Morgan fingerprint density at radius 1 is 1.24 bits per heavy atom. The zero-order chi connectivity index (χ0) is 17.6. The predicted octanol–water partition coefficient (Wildman–Crippen LogP) is -0.852. The van der Waals surface area contributed by atoms with E-state index in [1.54, 1.807) is 45.9 Å². The Balaban J connectivity index is 1.39. The normalized spacial score (nSPS) is 20.8. The van der Waals surface area contributed by atoms with Crippen LogP contribution in [0.1, 0.15) is 16.8 Å². The van der Waals surface area contributed by atoms with E-state index in [-0.39, 0.29) is 36.1 Å². The van der Waals surface area contributed by atoms with Crippen molar-refractivity contribution < 1.29 is 14.4 Å². The van der Waals surface area contributed by atoms with Crippen molar-refractivity contribution in [2.24, 2.45) is 5.92 Å². The molecule has 1 atom stereocenters. The molecule has 9 nitrogen and oxygen atoms in total. The van der Waals surface area contributed by atoms with Crippen LogP contribution in [0.3, 0.4) is 0 Å². The minimum absolute atomic E-state index is 0.00949. The van der Waals surface area contributed by atoms with Crippen LogP contribution >= 0.6 is 0 Å². The SMILES string of the molecule is CNC(=O)C1CC(=O)N(C2CN(C(=O)c3ccc4nncn4c3)C2)C1. The standard InChI is InChI=1S/C16H18N6O3/c1-17-15(24)11-4-14(23)22(6-11)12-7-20(8-12)16(25)10-2-3-13-19-18-9-21(13)5-10/h2-3,5,9,11-12H,4,6-8H2,1H3,(H,17,24). The number of carbonyl (C=O) groups is 3. The maximum absolute atomic E-state index is 12.6. The quantitative estimate of drug-likeness (QED) is 0.783. The second-order valence-electron chi connectivity index (χ2n) is 6.44. The number of carbonyl (C=O) groups excluding carboxylic acids is 3. The van der Waals surface area contributed by atoms with Crippen molar-refractivity contribution in [3.63, 3.8) is 0 Å². The van der Waals surface area contributed by atoms with E-state index < -0.39 is 0 Å². The van der Waals surface area contributed by atoms with Gasteiger partial charge in [-0.2, -0.15) is 0 Å². The number of nitrogens with one attached hydrogen (secondary N) is 1. The highest BCUT2D eigenvalue weighted by Gasteiger charge is 2.43. The molecule has 1 unspecified atom stereocenters. The first kappa shape index (κ1) is 15.6. The molecular formula is C16H18N6O3. The minimum atomic E-state index is -0.293. The molecule has 4 heterocycles. The third-order valence-electron chi connectivity index (χ3n) is 4.90. The zero-order valence-corrected chi connectivity index (χ0v) is 13.8. The van der Waals surface area contributed by atoms with Crippen LogP contribution in [0.5, 0.6) is 0 Å². The summed E-state index contributed by atoms with van der Waals surface area (Å²) in [4.78, 5) is 39.8. The highest BCUT2D eigenvalue weighted by Crippen LogP contribution is 2.26. The number of fused-ring (bicyclic) bond motifs is 1. The lowest BCUT2D eigenvalue weighted by molar-refractivity contribution is -0.132. The molecule has 130 valence electrons. The van der Waals surface area contributed by atoms with Gasteiger partial charge in [0.05, 0.1) is 17.5 Å². The summed E-state index contributed by atoms with van der Waals surface area (Å²) in [5.41, 5.74) is 1.24. The molecule has 2 aromatic heterocycles. The topological polar surface area (TPSA) is 99.9 Å². The van der Waals surface area contributed by atoms with E-state index in [4.69, 9.17) is 0 Å². The summed E-state index contributed by atoms with van der Waals surface area (Å²) in [6.07, 6.45) is 3.49. The Morgan fingerprint density at radius 2 is 2.04 bits per heavy atom. The highest BCUT2D eigenvalue weighted by molar-refractivity contribution is 5.95. The molecule has 2 aliphatic heterocycles. The molecule has 2 fully saturated rings. The first-order valence-corrected chi connectivity index (χ1v) is 8.16. The summed E-state index contributed by atoms with van der Waals surface area (Å²) in [6.45, 7) is 1.41. The van der Waals surface area contributed by atoms with E-state index in [2.05, 4.69) is 15.5 Å². The molecule has 3 amide bonds. The lowest BCUT2D eigenvalue weighted by atomic mass is 10.1. The fourth-order valence-electron chi connectivity index (χ4n) is 3.42. The fourth-order valence-corrected chi connectivity index (χ4v) is 3.42. The van der Waals surface area contributed by atoms with Gasteiger partial charge in [0, 0.05) is 39.3 Å². The van der Waals surface area contributed by atoms with Gasteiger partial charge in [-0.15, -0.1) is 10.2 Å². The molecule has 4 rings (SSSR count). The number of rotatable bonds is 3. The molecule has 0 saturated carbocycles. The summed E-state index contributed by atoms with van der Waals surface area (Å²) < 4.78 is 1.70. The lowest BCUT2D eigenvalue weighted by Gasteiger charge is -2.44. The van der Waals surface area contributed by atoms with Crippen molar-refractivity contribution in [2.75, 3.05) is 26.7 Å². The van der Waals surface area contributed by atoms with Gasteiger partial charge in [-0.3, -0.25) is 18.8 Å². The number of amides is 3. The molecule has 2 saturated heterocycles. The van der Waals surface area contributed by atoms with Crippen molar-refractivity contribution in [2.45, 2.75) is 12.5 Å². The first-order valence-electron chi connectivity index (χ1n) is 8.16. The van der Waals surface area contributed by atoms with E-state index >= 15 is 0 Å². The largest absolute Gasteiger partial charge is 0.359 e. The molecule has 0 aliphatic carbocycles. The van der Waals surface area contributed by atoms with Gasteiger partial charge in [-0.1, -0.05) is 0 Å². The number of aromatic nitrogens is 3. The van der Waals surface area contributed by atoms with Crippen molar-refractivity contribution in [3.05, 3.63) is 30.2 Å². The molecule has 0 aromatic carbocycles. The van der Waals surface area contributed by atoms with Crippen LogP contribution in [0, 0.1) is 5.92 Å². The van der Waals surface area contributed by atoms with Crippen molar-refractivity contribution in [1.29, 1.82) is 0 Å². The Hall–Kier alpha value is -2.97. The summed E-state index contributed by atoms with van der Waals surface area (Å²) in [5, 5.41) is 10.3. The highest BCUT2D eigenvalue weighted by atomic mass is 16.2. The summed E-state index contributed by atoms with van der Waals surface area (Å²) in [7, 11) is 1.58. The third-order valence-corrected chi connectivity index (χ3v) is 4.90. The van der Waals surface area contributed by atoms with Gasteiger partial charge in [0.1, 0.15) is 6.33 Å². The fraction of sp³-hybridized carbons (Fsp3) is 0.438. The van der Waals surface area contributed by atoms with Gasteiger partial charge in [0.25, 0.3) is 5.91 Å². The van der Waals surface area contributed by atoms with E-state index in [0.717, 1.165) is 0 Å². The molecule has 0 radical (unpaired) electrons. The van der Waals surface area contributed by atoms with Crippen LogP contribution < -0.4 is 5.32 Å². The maximum atomic E-state index is 12.6. The van der Waals surface area contributed by atoms with Crippen LogP contribution in [0.2, 0.25) is 0 Å². The molecular weight excluding hydrogens is 324 g/mol. The van der Waals surface area contributed by atoms with Gasteiger partial charge in [0.2, 0.25) is 11.8 Å². The van der Waals surface area contributed by atoms with Gasteiger partial charge in [-0.05, 0) is 12.1 Å². The van der Waals surface area contributed by atoms with Crippen LogP contribution in [-0.2, 0) is 9.59 Å². The number of hydrogen-bond donors (Lipinski definition) is 1. The second-order valence-corrected chi connectivity index (χ2v) is 6.44. The van der Waals surface area contributed by atoms with Crippen molar-refractivity contribution in [1.82, 2.24) is 29.7 Å². The van der Waals surface area contributed by atoms with Crippen molar-refractivity contribution in [3.8, 4) is 0 Å². The van der Waals surface area contributed by atoms with E-state index in [9.17, 15) is 14.4 Å². The summed E-state index contributed by atoms with van der Waals surface area (Å²) >= 11 is 0. The molecule has 2 aromatic rings. The number of nitrogens with zero attached hydrogens (tertiary/aromatic N) is 5. The Morgan fingerprint density at radius 3 is 2.80 bits per heavy atom. The molecule has 9 heteroatoms. The number of pyridine rings is 1. The Kier molecular flexibility index (Phi) is 3.63. The van der Waals surface area contributed by atoms with Gasteiger partial charge < -0.3 is 15.1 Å². The summed E-state index contributed by atoms with van der Waals surface area (Å²) in [5.74, 6) is -0.498. The lowest BCUT2D eigenvalue weighted by Crippen LogP contribution is -2.61. The average molecular weight is 342 g/mol. The monoisotopic (exact) mass is 342 g/mol. The van der Waals surface area contributed by atoms with E-state index in [0.29, 0.717) is 30.8 Å². The smallest absolute Gasteiger partial charge is 0.255 e. The Bertz CT molecular complexity index is 856. The van der Waals surface area contributed by atoms with E-state index in [1.165, 1.54) is 0 Å². The summed E-state index contributed by atoms with van der Waals surface area (Å²) in [6, 6.07) is 3.46. The van der Waals surface area contributed by atoms with Crippen LogP contribution in [0.25, 0.3) is 5.65 Å². The third kappa shape index (κ3) is 2.61. The molecule has 1 N–H and O–H groups in total. The first-order chi connectivity index (χ1) is 12.1. The number of hydrogen-bond acceptors (Lipinski definition) is 5. The minimum Gasteiger partial charge on any atom is -0.359 e. The molecule has 0 spiro atoms. The average Bonchev–Trinajstić information content (AvgIpc) is 3.19. The van der Waals surface area contributed by atoms with Gasteiger partial charge in [-0.25, -0.2) is 0 Å². The van der Waals surface area contributed by atoms with Crippen LogP contribution in [0.15, 0.2) is 24.7 Å². The second kappa shape index (κ2) is 5.83. The predicted molar refractivity (Wildman–Crippen MR) is 86.6 cm³/mol. The maximum Gasteiger partial charge on any atom is 0.255 e. The molecule has 25 heavy (non-hydrogen) atoms. The van der Waals surface area contributed by atoms with Crippen molar-refractivity contribution >= 4 is 23.4 Å². The van der Waals surface area contributed by atoms with Crippen LogP contribution in [0.4, 0.5) is 0 Å². The zero-order valence-electron chi connectivity index (χ0n) is 13.8. The van der Waals surface area contributed by atoms with E-state index in [1.807, 2.05) is 0 Å². The van der Waals surface area contributed by atoms with Crippen LogP contribution in [-0.4, -0.2) is 74.8 Å².